The van der Waals surface area contributed by atoms with Crippen molar-refractivity contribution in [3.8, 4) is 11.9 Å². The van der Waals surface area contributed by atoms with E-state index in [0.29, 0.717) is 27.8 Å². The Bertz CT molecular complexity index is 1400. The standard InChI is InChI=1S/C25H27Cl2N9/c1-7-33-20-11-18(26)19(27)12-21(20)34(8-2)23(33)13-22-28-24(35-16(5)9-14(3)31-35)30-25(29-22)36-17(6)10-15(4)32-36/h9-13H,7-8H2,1-6H3. The lowest BCUT2D eigenvalue weighted by atomic mass is 10.2. The molecule has 0 aliphatic carbocycles. The van der Waals surface area contributed by atoms with Crippen LogP contribution in [0.1, 0.15) is 42.4 Å². The molecule has 0 bridgehead atoms. The second kappa shape index (κ2) is 9.22. The Labute approximate surface area is 220 Å². The second-order valence-electron chi connectivity index (χ2n) is 8.72. The molecule has 0 spiro atoms. The molecule has 9 nitrogen and oxygen atoms in total. The number of fused-ring (bicyclic) bond motifs is 1. The van der Waals surface area contributed by atoms with Crippen LogP contribution < -0.4 is 9.80 Å². The topological polar surface area (TPSA) is 80.8 Å². The fraction of sp³-hybridized carbons (Fsp3) is 0.320. The van der Waals surface area contributed by atoms with Crippen LogP contribution in [0.5, 0.6) is 0 Å². The summed E-state index contributed by atoms with van der Waals surface area (Å²) in [6, 6.07) is 7.79. The highest BCUT2D eigenvalue weighted by Crippen LogP contribution is 2.45. The molecule has 0 saturated carbocycles. The van der Waals surface area contributed by atoms with E-state index in [-0.39, 0.29) is 0 Å². The van der Waals surface area contributed by atoms with Crippen molar-refractivity contribution in [3.05, 3.63) is 68.7 Å². The van der Waals surface area contributed by atoms with Gasteiger partial charge in [-0.25, -0.2) is 9.36 Å². The van der Waals surface area contributed by atoms with Crippen LogP contribution in [0.2, 0.25) is 10.0 Å². The van der Waals surface area contributed by atoms with Crippen molar-refractivity contribution in [2.45, 2.75) is 41.5 Å². The predicted octanol–water partition coefficient (Wildman–Crippen LogP) is 5.45. The van der Waals surface area contributed by atoms with E-state index in [9.17, 15) is 0 Å². The van der Waals surface area contributed by atoms with E-state index in [1.807, 2.05) is 58.0 Å². The lowest BCUT2D eigenvalue weighted by molar-refractivity contribution is 0.713. The normalized spacial score (nSPS) is 13.1. The van der Waals surface area contributed by atoms with E-state index in [0.717, 1.165) is 53.1 Å². The molecule has 5 rings (SSSR count). The first-order chi connectivity index (χ1) is 17.2. The molecular formula is C25H27Cl2N9. The van der Waals surface area contributed by atoms with Gasteiger partial charge in [0.1, 0.15) is 5.82 Å². The van der Waals surface area contributed by atoms with Gasteiger partial charge in [-0.15, -0.1) is 0 Å². The van der Waals surface area contributed by atoms with Crippen LogP contribution >= 0.6 is 23.2 Å². The maximum Gasteiger partial charge on any atom is 0.256 e. The zero-order valence-electron chi connectivity index (χ0n) is 21.1. The predicted molar refractivity (Wildman–Crippen MR) is 143 cm³/mol. The van der Waals surface area contributed by atoms with Gasteiger partial charge in [0.2, 0.25) is 0 Å². The van der Waals surface area contributed by atoms with Crippen molar-refractivity contribution in [1.29, 1.82) is 0 Å². The first-order valence-electron chi connectivity index (χ1n) is 11.8. The van der Waals surface area contributed by atoms with Gasteiger partial charge in [-0.2, -0.15) is 25.1 Å². The molecule has 1 aliphatic rings. The number of halogens is 2. The summed E-state index contributed by atoms with van der Waals surface area (Å²) in [5, 5.41) is 10.2. The van der Waals surface area contributed by atoms with Gasteiger partial charge in [-0.1, -0.05) is 23.2 Å². The Hall–Kier alpha value is -3.43. The minimum atomic E-state index is 0.428. The Kier molecular flexibility index (Phi) is 6.22. The molecule has 0 radical (unpaired) electrons. The molecule has 0 amide bonds. The number of nitrogens with zero attached hydrogens (tertiary/aromatic N) is 9. The molecule has 0 N–H and O–H groups in total. The summed E-state index contributed by atoms with van der Waals surface area (Å²) in [5.41, 5.74) is 5.61. The molecule has 0 saturated heterocycles. The fourth-order valence-electron chi connectivity index (χ4n) is 4.57. The van der Waals surface area contributed by atoms with Gasteiger partial charge in [0.25, 0.3) is 11.9 Å². The summed E-state index contributed by atoms with van der Waals surface area (Å²) in [4.78, 5) is 18.7. The summed E-state index contributed by atoms with van der Waals surface area (Å²) >= 11 is 12.8. The highest BCUT2D eigenvalue weighted by Gasteiger charge is 2.31. The van der Waals surface area contributed by atoms with Crippen LogP contribution in [-0.2, 0) is 0 Å². The molecule has 11 heteroatoms. The van der Waals surface area contributed by atoms with Crippen molar-refractivity contribution in [1.82, 2.24) is 34.5 Å². The van der Waals surface area contributed by atoms with Crippen LogP contribution in [0.3, 0.4) is 0 Å². The van der Waals surface area contributed by atoms with Crippen molar-refractivity contribution in [2.24, 2.45) is 0 Å². The highest BCUT2D eigenvalue weighted by molar-refractivity contribution is 6.42. The molecule has 4 aromatic rings. The molecule has 3 aromatic heterocycles. The molecule has 1 aliphatic heterocycles. The summed E-state index contributed by atoms with van der Waals surface area (Å²) < 4.78 is 3.46. The van der Waals surface area contributed by atoms with E-state index >= 15 is 0 Å². The number of anilines is 2. The Morgan fingerprint density at radius 2 is 1.14 bits per heavy atom. The SMILES string of the molecule is CCN1C(=Cc2nc(-n3nc(C)cc3C)nc(-n3nc(C)cc3C)n2)N(CC)c2cc(Cl)c(Cl)cc21. The van der Waals surface area contributed by atoms with Crippen LogP contribution in [0.25, 0.3) is 18.0 Å². The molecule has 0 atom stereocenters. The number of hydrogen-bond donors (Lipinski definition) is 0. The van der Waals surface area contributed by atoms with Crippen LogP contribution in [-0.4, -0.2) is 47.6 Å². The quantitative estimate of drug-likeness (QED) is 0.344. The first kappa shape index (κ1) is 24.3. The fourth-order valence-corrected chi connectivity index (χ4v) is 4.89. The molecule has 186 valence electrons. The summed E-state index contributed by atoms with van der Waals surface area (Å²) in [6.07, 6.45) is 1.96. The summed E-state index contributed by atoms with van der Waals surface area (Å²) in [6.45, 7) is 13.5. The lowest BCUT2D eigenvalue weighted by Crippen LogP contribution is -2.28. The average Bonchev–Trinajstić information content (AvgIpc) is 3.45. The van der Waals surface area contributed by atoms with Crippen LogP contribution in [0.15, 0.2) is 30.1 Å². The van der Waals surface area contributed by atoms with Gasteiger partial charge in [-0.3, -0.25) is 0 Å². The third kappa shape index (κ3) is 4.12. The zero-order chi connectivity index (χ0) is 25.7. The van der Waals surface area contributed by atoms with E-state index < -0.39 is 0 Å². The van der Waals surface area contributed by atoms with Crippen molar-refractivity contribution < 1.29 is 0 Å². The molecule has 0 unspecified atom stereocenters. The largest absolute Gasteiger partial charge is 0.326 e. The van der Waals surface area contributed by atoms with Gasteiger partial charge in [0, 0.05) is 30.6 Å². The van der Waals surface area contributed by atoms with E-state index in [4.69, 9.17) is 38.2 Å². The average molecular weight is 524 g/mol. The minimum Gasteiger partial charge on any atom is -0.326 e. The second-order valence-corrected chi connectivity index (χ2v) is 9.53. The zero-order valence-corrected chi connectivity index (χ0v) is 22.6. The lowest BCUT2D eigenvalue weighted by Gasteiger charge is -2.23. The number of aryl methyl sites for hydroxylation is 4. The van der Waals surface area contributed by atoms with Crippen LogP contribution in [0.4, 0.5) is 11.4 Å². The molecule has 0 fully saturated rings. The van der Waals surface area contributed by atoms with Crippen LogP contribution in [0, 0.1) is 27.7 Å². The Balaban J connectivity index is 1.71. The third-order valence-corrected chi connectivity index (χ3v) is 6.79. The molecule has 1 aromatic carbocycles. The van der Waals surface area contributed by atoms with E-state index in [1.165, 1.54) is 0 Å². The molecular weight excluding hydrogens is 497 g/mol. The van der Waals surface area contributed by atoms with Crippen molar-refractivity contribution in [2.75, 3.05) is 22.9 Å². The third-order valence-electron chi connectivity index (χ3n) is 6.07. The summed E-state index contributed by atoms with van der Waals surface area (Å²) in [5.74, 6) is 2.28. The smallest absolute Gasteiger partial charge is 0.256 e. The van der Waals surface area contributed by atoms with Gasteiger partial charge in [0.05, 0.1) is 32.8 Å². The van der Waals surface area contributed by atoms with Gasteiger partial charge in [-0.05, 0) is 65.8 Å². The molecule has 4 heterocycles. The van der Waals surface area contributed by atoms with Crippen molar-refractivity contribution >= 4 is 40.7 Å². The Morgan fingerprint density at radius 1 is 0.694 bits per heavy atom. The van der Waals surface area contributed by atoms with Crippen molar-refractivity contribution in [3.63, 3.8) is 0 Å². The van der Waals surface area contributed by atoms with Gasteiger partial charge < -0.3 is 9.80 Å². The molecule has 36 heavy (non-hydrogen) atoms. The number of hydrogen-bond acceptors (Lipinski definition) is 7. The maximum absolute atomic E-state index is 6.38. The van der Waals surface area contributed by atoms with Gasteiger partial charge >= 0.3 is 0 Å². The number of aromatic nitrogens is 7. The van der Waals surface area contributed by atoms with E-state index in [1.54, 1.807) is 9.36 Å². The maximum atomic E-state index is 6.38. The monoisotopic (exact) mass is 523 g/mol. The van der Waals surface area contributed by atoms with Gasteiger partial charge in [0.15, 0.2) is 5.82 Å². The summed E-state index contributed by atoms with van der Waals surface area (Å²) in [7, 11) is 0. The minimum absolute atomic E-state index is 0.428. The Morgan fingerprint density at radius 3 is 1.50 bits per heavy atom. The number of rotatable bonds is 5. The highest BCUT2D eigenvalue weighted by atomic mass is 35.5. The number of benzene rings is 1. The first-order valence-corrected chi connectivity index (χ1v) is 12.5. The van der Waals surface area contributed by atoms with E-state index in [2.05, 4.69) is 33.8 Å².